The van der Waals surface area contributed by atoms with Crippen LogP contribution in [-0.4, -0.2) is 4.57 Å². The second kappa shape index (κ2) is 12.2. The van der Waals surface area contributed by atoms with Crippen LogP contribution in [0.3, 0.4) is 0 Å². The van der Waals surface area contributed by atoms with Crippen molar-refractivity contribution in [2.75, 3.05) is 4.90 Å². The van der Waals surface area contributed by atoms with Gasteiger partial charge in [-0.25, -0.2) is 0 Å². The third kappa shape index (κ3) is 5.01. The minimum atomic E-state index is 1.11. The van der Waals surface area contributed by atoms with Crippen LogP contribution in [0.1, 0.15) is 0 Å². The van der Waals surface area contributed by atoms with Crippen molar-refractivity contribution in [1.29, 1.82) is 0 Å². The van der Waals surface area contributed by atoms with Crippen LogP contribution in [0.5, 0.6) is 0 Å². The third-order valence-electron chi connectivity index (χ3n) is 9.98. The first-order valence-electron chi connectivity index (χ1n) is 17.4. The summed E-state index contributed by atoms with van der Waals surface area (Å²) >= 11 is 1.85. The van der Waals surface area contributed by atoms with Crippen LogP contribution in [0.15, 0.2) is 194 Å². The fourth-order valence-electron chi connectivity index (χ4n) is 7.64. The van der Waals surface area contributed by atoms with Gasteiger partial charge in [0.05, 0.1) is 11.0 Å². The monoisotopic (exact) mass is 668 g/mol. The van der Waals surface area contributed by atoms with E-state index in [9.17, 15) is 0 Å². The lowest BCUT2D eigenvalue weighted by Crippen LogP contribution is -2.10. The maximum absolute atomic E-state index is 2.42. The lowest BCUT2D eigenvalue weighted by molar-refractivity contribution is 1.18. The molecule has 0 saturated heterocycles. The number of hydrogen-bond donors (Lipinski definition) is 0. The Bertz CT molecular complexity index is 2850. The molecule has 0 aliphatic rings. The molecule has 0 aliphatic carbocycles. The highest BCUT2D eigenvalue weighted by atomic mass is 32.1. The molecular weight excluding hydrogens is 637 g/mol. The predicted molar refractivity (Wildman–Crippen MR) is 219 cm³/mol. The fraction of sp³-hybridized carbons (Fsp3) is 0. The minimum Gasteiger partial charge on any atom is -0.310 e. The van der Waals surface area contributed by atoms with E-state index in [4.69, 9.17) is 0 Å². The zero-order chi connectivity index (χ0) is 33.7. The van der Waals surface area contributed by atoms with E-state index in [1.165, 1.54) is 64.2 Å². The number of fused-ring (bicyclic) bond motifs is 6. The number of benzene rings is 8. The Morgan fingerprint density at radius 1 is 0.373 bits per heavy atom. The molecule has 10 aromatic rings. The topological polar surface area (TPSA) is 8.17 Å². The van der Waals surface area contributed by atoms with Crippen LogP contribution in [-0.2, 0) is 0 Å². The van der Waals surface area contributed by atoms with E-state index in [-0.39, 0.29) is 0 Å². The standard InChI is InChI=1S/C48H32N2S/c1-3-13-33(14-4-1)34-25-27-37(28-26-34)49(39-29-30-47-44(32-39)42-20-8-10-24-46(42)51-47)38-18-11-15-35(31-38)40-21-12-22-43-41-19-7-9-23-45(41)50(48(40)43)36-16-5-2-6-17-36/h1-32H. The molecule has 2 aromatic heterocycles. The Hall–Kier alpha value is -6.42. The number of rotatable bonds is 6. The second-order valence-electron chi connectivity index (χ2n) is 13.0. The Kier molecular flexibility index (Phi) is 7.04. The van der Waals surface area contributed by atoms with Gasteiger partial charge in [0.25, 0.3) is 0 Å². The molecule has 0 saturated carbocycles. The molecule has 0 aliphatic heterocycles. The highest BCUT2D eigenvalue weighted by Crippen LogP contribution is 2.43. The number of hydrogen-bond acceptors (Lipinski definition) is 2. The summed E-state index contributed by atoms with van der Waals surface area (Å²) in [5.74, 6) is 0. The molecule has 0 unspecified atom stereocenters. The first-order chi connectivity index (χ1) is 25.3. The molecule has 0 amide bonds. The summed E-state index contributed by atoms with van der Waals surface area (Å²) in [5, 5.41) is 5.09. The van der Waals surface area contributed by atoms with Crippen molar-refractivity contribution < 1.29 is 0 Å². The summed E-state index contributed by atoms with van der Waals surface area (Å²) in [6.45, 7) is 0. The van der Waals surface area contributed by atoms with E-state index in [2.05, 4.69) is 204 Å². The van der Waals surface area contributed by atoms with Crippen molar-refractivity contribution in [2.24, 2.45) is 0 Å². The van der Waals surface area contributed by atoms with Crippen LogP contribution < -0.4 is 4.90 Å². The van der Waals surface area contributed by atoms with E-state index in [1.807, 2.05) is 11.3 Å². The fourth-order valence-corrected chi connectivity index (χ4v) is 8.73. The second-order valence-corrected chi connectivity index (χ2v) is 14.1. The molecule has 240 valence electrons. The van der Waals surface area contributed by atoms with E-state index >= 15 is 0 Å². The average Bonchev–Trinajstić information content (AvgIpc) is 3.75. The van der Waals surface area contributed by atoms with Gasteiger partial charge in [-0.1, -0.05) is 127 Å². The van der Waals surface area contributed by atoms with E-state index in [1.54, 1.807) is 0 Å². The molecule has 8 aromatic carbocycles. The molecule has 0 radical (unpaired) electrons. The van der Waals surface area contributed by atoms with Gasteiger partial charge in [0.15, 0.2) is 0 Å². The average molecular weight is 669 g/mol. The highest BCUT2D eigenvalue weighted by molar-refractivity contribution is 7.25. The van der Waals surface area contributed by atoms with Gasteiger partial charge in [-0.3, -0.25) is 0 Å². The highest BCUT2D eigenvalue weighted by Gasteiger charge is 2.19. The van der Waals surface area contributed by atoms with Gasteiger partial charge in [-0.15, -0.1) is 11.3 Å². The third-order valence-corrected chi connectivity index (χ3v) is 11.1. The Morgan fingerprint density at radius 2 is 0.980 bits per heavy atom. The van der Waals surface area contributed by atoms with E-state index in [0.717, 1.165) is 22.7 Å². The van der Waals surface area contributed by atoms with Crippen molar-refractivity contribution in [2.45, 2.75) is 0 Å². The Balaban J connectivity index is 1.18. The van der Waals surface area contributed by atoms with Gasteiger partial charge in [-0.2, -0.15) is 0 Å². The first kappa shape index (κ1) is 29.5. The smallest absolute Gasteiger partial charge is 0.0619 e. The molecule has 3 heteroatoms. The molecule has 0 spiro atoms. The molecule has 2 nitrogen and oxygen atoms in total. The molecular formula is C48H32N2S. The van der Waals surface area contributed by atoms with Gasteiger partial charge in [-0.05, 0) is 83.4 Å². The van der Waals surface area contributed by atoms with Crippen LogP contribution in [0.4, 0.5) is 17.1 Å². The number of thiophene rings is 1. The maximum atomic E-state index is 2.42. The van der Waals surface area contributed by atoms with Crippen molar-refractivity contribution in [1.82, 2.24) is 4.57 Å². The quantitative estimate of drug-likeness (QED) is 0.171. The Morgan fingerprint density at radius 3 is 1.82 bits per heavy atom. The molecule has 0 atom stereocenters. The van der Waals surface area contributed by atoms with Crippen molar-refractivity contribution in [3.63, 3.8) is 0 Å². The lowest BCUT2D eigenvalue weighted by Gasteiger charge is -2.26. The van der Waals surface area contributed by atoms with Gasteiger partial charge in [0, 0.05) is 59.3 Å². The largest absolute Gasteiger partial charge is 0.310 e. The van der Waals surface area contributed by atoms with E-state index < -0.39 is 0 Å². The van der Waals surface area contributed by atoms with Gasteiger partial charge < -0.3 is 9.47 Å². The molecule has 51 heavy (non-hydrogen) atoms. The van der Waals surface area contributed by atoms with Crippen molar-refractivity contribution in [3.8, 4) is 27.9 Å². The van der Waals surface area contributed by atoms with Crippen LogP contribution >= 0.6 is 11.3 Å². The summed E-state index contributed by atoms with van der Waals surface area (Å²) < 4.78 is 5.03. The normalized spacial score (nSPS) is 11.5. The lowest BCUT2D eigenvalue weighted by atomic mass is 10.0. The summed E-state index contributed by atoms with van der Waals surface area (Å²) in [6.07, 6.45) is 0. The van der Waals surface area contributed by atoms with Gasteiger partial charge in [0.1, 0.15) is 0 Å². The maximum Gasteiger partial charge on any atom is 0.0619 e. The first-order valence-corrected chi connectivity index (χ1v) is 18.2. The molecule has 2 heterocycles. The summed E-state index contributed by atoms with van der Waals surface area (Å²) in [4.78, 5) is 2.40. The predicted octanol–water partition coefficient (Wildman–Crippen LogP) is 14.0. The van der Waals surface area contributed by atoms with E-state index in [0.29, 0.717) is 0 Å². The van der Waals surface area contributed by atoms with Crippen molar-refractivity contribution >= 4 is 70.4 Å². The zero-order valence-corrected chi connectivity index (χ0v) is 28.6. The Labute approximate surface area is 300 Å². The summed E-state index contributed by atoms with van der Waals surface area (Å²) in [7, 11) is 0. The van der Waals surface area contributed by atoms with Crippen LogP contribution in [0, 0.1) is 0 Å². The van der Waals surface area contributed by atoms with Gasteiger partial charge >= 0.3 is 0 Å². The molecule has 10 rings (SSSR count). The number of para-hydroxylation sites is 3. The van der Waals surface area contributed by atoms with Crippen molar-refractivity contribution in [3.05, 3.63) is 194 Å². The summed E-state index contributed by atoms with van der Waals surface area (Å²) in [6, 6.07) is 70.4. The zero-order valence-electron chi connectivity index (χ0n) is 27.8. The van der Waals surface area contributed by atoms with Gasteiger partial charge in [0.2, 0.25) is 0 Å². The number of aromatic nitrogens is 1. The molecule has 0 N–H and O–H groups in total. The number of nitrogens with zero attached hydrogens (tertiary/aromatic N) is 2. The molecule has 0 fully saturated rings. The van der Waals surface area contributed by atoms with Crippen LogP contribution in [0.25, 0.3) is 69.9 Å². The summed E-state index contributed by atoms with van der Waals surface area (Å²) in [5.41, 5.74) is 11.7. The van der Waals surface area contributed by atoms with Crippen LogP contribution in [0.2, 0.25) is 0 Å². The molecule has 0 bridgehead atoms. The number of anilines is 3. The SMILES string of the molecule is c1ccc(-c2ccc(N(c3cccc(-c4cccc5c6ccccc6n(-c6ccccc6)c45)c3)c3ccc4sc5ccccc5c4c3)cc2)cc1. The minimum absolute atomic E-state index is 1.11.